The van der Waals surface area contributed by atoms with E-state index >= 15 is 0 Å². The lowest BCUT2D eigenvalue weighted by Crippen LogP contribution is -2.03. The molecule has 102 valence electrons. The number of hydrogen-bond acceptors (Lipinski definition) is 5. The molecule has 0 aliphatic carbocycles. The van der Waals surface area contributed by atoms with E-state index in [1.807, 2.05) is 6.07 Å². The number of benzene rings is 1. The van der Waals surface area contributed by atoms with E-state index in [4.69, 9.17) is 5.26 Å². The van der Waals surface area contributed by atoms with Crippen molar-refractivity contribution in [1.29, 1.82) is 5.26 Å². The Labute approximate surface area is 118 Å². The van der Waals surface area contributed by atoms with E-state index in [1.54, 1.807) is 12.1 Å². The molecule has 5 heteroatoms. The van der Waals surface area contributed by atoms with Gasteiger partial charge >= 0.3 is 0 Å². The van der Waals surface area contributed by atoms with Crippen LogP contribution in [0.3, 0.4) is 0 Å². The predicted molar refractivity (Wildman–Crippen MR) is 79.3 cm³/mol. The van der Waals surface area contributed by atoms with Crippen molar-refractivity contribution in [3.05, 3.63) is 47.7 Å². The van der Waals surface area contributed by atoms with Crippen LogP contribution in [0, 0.1) is 11.3 Å². The summed E-state index contributed by atoms with van der Waals surface area (Å²) in [6, 6.07) is 13.6. The lowest BCUT2D eigenvalue weighted by molar-refractivity contribution is 0.977. The van der Waals surface area contributed by atoms with Crippen LogP contribution in [0.4, 0.5) is 11.5 Å². The minimum Gasteiger partial charge on any atom is -0.385 e. The zero-order chi connectivity index (χ0) is 14.2. The van der Waals surface area contributed by atoms with Crippen molar-refractivity contribution in [3.8, 4) is 6.07 Å². The molecule has 0 aliphatic rings. The Hall–Kier alpha value is -2.61. The third-order valence-corrected chi connectivity index (χ3v) is 2.79. The van der Waals surface area contributed by atoms with Gasteiger partial charge in [-0.25, -0.2) is 0 Å². The van der Waals surface area contributed by atoms with Gasteiger partial charge in [-0.3, -0.25) is 0 Å². The second-order valence-corrected chi connectivity index (χ2v) is 4.39. The van der Waals surface area contributed by atoms with Gasteiger partial charge in [-0.2, -0.15) is 5.26 Å². The number of rotatable bonds is 6. The van der Waals surface area contributed by atoms with Crippen LogP contribution in [0.1, 0.15) is 24.6 Å². The number of aromatic nitrogens is 2. The van der Waals surface area contributed by atoms with Crippen molar-refractivity contribution in [2.75, 3.05) is 17.2 Å². The Morgan fingerprint density at radius 1 is 1.05 bits per heavy atom. The summed E-state index contributed by atoms with van der Waals surface area (Å²) in [5.74, 6) is 0.664. The van der Waals surface area contributed by atoms with Gasteiger partial charge in [0.25, 0.3) is 0 Å². The highest BCUT2D eigenvalue weighted by Gasteiger charge is 1.98. The molecule has 0 unspecified atom stereocenters. The Balaban J connectivity index is 1.88. The van der Waals surface area contributed by atoms with E-state index in [-0.39, 0.29) is 0 Å². The lowest BCUT2D eigenvalue weighted by atomic mass is 10.2. The zero-order valence-electron chi connectivity index (χ0n) is 11.4. The maximum atomic E-state index is 8.65. The Kier molecular flexibility index (Phi) is 4.90. The minimum absolute atomic E-state index is 0.321. The summed E-state index contributed by atoms with van der Waals surface area (Å²) in [5.41, 5.74) is 2.62. The SMILES string of the molecule is CCCNc1ccc(CNc2ccc(C#N)nn2)cc1. The first kappa shape index (κ1) is 13.8. The van der Waals surface area contributed by atoms with Crippen LogP contribution in [-0.4, -0.2) is 16.7 Å². The molecule has 0 spiro atoms. The van der Waals surface area contributed by atoms with Crippen LogP contribution >= 0.6 is 0 Å². The molecule has 1 aromatic heterocycles. The monoisotopic (exact) mass is 267 g/mol. The second kappa shape index (κ2) is 7.10. The second-order valence-electron chi connectivity index (χ2n) is 4.39. The highest BCUT2D eigenvalue weighted by atomic mass is 15.2. The lowest BCUT2D eigenvalue weighted by Gasteiger charge is -2.07. The van der Waals surface area contributed by atoms with Crippen LogP contribution in [0.15, 0.2) is 36.4 Å². The summed E-state index contributed by atoms with van der Waals surface area (Å²) in [5, 5.41) is 22.9. The van der Waals surface area contributed by atoms with Crippen molar-refractivity contribution in [2.45, 2.75) is 19.9 Å². The smallest absolute Gasteiger partial charge is 0.163 e. The normalized spacial score (nSPS) is 9.80. The molecule has 0 aliphatic heterocycles. The fourth-order valence-corrected chi connectivity index (χ4v) is 1.69. The summed E-state index contributed by atoms with van der Waals surface area (Å²) in [4.78, 5) is 0. The van der Waals surface area contributed by atoms with E-state index in [9.17, 15) is 0 Å². The maximum Gasteiger partial charge on any atom is 0.163 e. The van der Waals surface area contributed by atoms with E-state index < -0.39 is 0 Å². The number of hydrogen-bond donors (Lipinski definition) is 2. The number of nitriles is 1. The number of nitrogens with one attached hydrogen (secondary N) is 2. The van der Waals surface area contributed by atoms with Crippen LogP contribution < -0.4 is 10.6 Å². The largest absolute Gasteiger partial charge is 0.385 e. The van der Waals surface area contributed by atoms with Gasteiger partial charge in [0.1, 0.15) is 11.9 Å². The fourth-order valence-electron chi connectivity index (χ4n) is 1.69. The first-order valence-electron chi connectivity index (χ1n) is 6.62. The van der Waals surface area contributed by atoms with Gasteiger partial charge in [0.15, 0.2) is 5.69 Å². The van der Waals surface area contributed by atoms with Crippen molar-refractivity contribution in [2.24, 2.45) is 0 Å². The van der Waals surface area contributed by atoms with Crippen molar-refractivity contribution in [1.82, 2.24) is 10.2 Å². The first-order chi connectivity index (χ1) is 9.81. The van der Waals surface area contributed by atoms with Gasteiger partial charge in [-0.05, 0) is 36.2 Å². The molecule has 0 bridgehead atoms. The van der Waals surface area contributed by atoms with Gasteiger partial charge in [-0.15, -0.1) is 10.2 Å². The summed E-state index contributed by atoms with van der Waals surface area (Å²) >= 11 is 0. The molecule has 0 radical (unpaired) electrons. The molecule has 2 rings (SSSR count). The minimum atomic E-state index is 0.321. The summed E-state index contributed by atoms with van der Waals surface area (Å²) in [6.45, 7) is 3.80. The molecule has 0 saturated heterocycles. The maximum absolute atomic E-state index is 8.65. The summed E-state index contributed by atoms with van der Waals surface area (Å²) in [6.07, 6.45) is 1.11. The van der Waals surface area contributed by atoms with Crippen molar-refractivity contribution < 1.29 is 0 Å². The van der Waals surface area contributed by atoms with E-state index in [1.165, 1.54) is 5.56 Å². The van der Waals surface area contributed by atoms with Crippen molar-refractivity contribution >= 4 is 11.5 Å². The van der Waals surface area contributed by atoms with Gasteiger partial charge in [0.2, 0.25) is 0 Å². The Morgan fingerprint density at radius 2 is 1.85 bits per heavy atom. The van der Waals surface area contributed by atoms with E-state index in [2.05, 4.69) is 52.0 Å². The van der Waals surface area contributed by atoms with E-state index in [0.29, 0.717) is 18.1 Å². The van der Waals surface area contributed by atoms with Crippen LogP contribution in [0.25, 0.3) is 0 Å². The highest BCUT2D eigenvalue weighted by molar-refractivity contribution is 5.45. The topological polar surface area (TPSA) is 73.6 Å². The number of nitrogens with zero attached hydrogens (tertiary/aromatic N) is 3. The van der Waals surface area contributed by atoms with Gasteiger partial charge in [0, 0.05) is 18.8 Å². The molecule has 2 aromatic rings. The van der Waals surface area contributed by atoms with E-state index in [0.717, 1.165) is 18.7 Å². The molecule has 2 N–H and O–H groups in total. The molecule has 0 amide bonds. The molecule has 0 saturated carbocycles. The van der Waals surface area contributed by atoms with Crippen molar-refractivity contribution in [3.63, 3.8) is 0 Å². The quantitative estimate of drug-likeness (QED) is 0.842. The van der Waals surface area contributed by atoms with Gasteiger partial charge in [-0.1, -0.05) is 19.1 Å². The summed E-state index contributed by atoms with van der Waals surface area (Å²) in [7, 11) is 0. The molecule has 1 heterocycles. The third-order valence-electron chi connectivity index (χ3n) is 2.79. The Bertz CT molecular complexity index is 569. The molecule has 0 atom stereocenters. The van der Waals surface area contributed by atoms with Crippen LogP contribution in [-0.2, 0) is 6.54 Å². The zero-order valence-corrected chi connectivity index (χ0v) is 11.4. The third kappa shape index (κ3) is 3.95. The molecule has 1 aromatic carbocycles. The standard InChI is InChI=1S/C15H17N5/c1-2-9-17-13-5-3-12(4-6-13)11-18-15-8-7-14(10-16)19-20-15/h3-8,17H,2,9,11H2,1H3,(H,18,20). The van der Waals surface area contributed by atoms with Gasteiger partial charge < -0.3 is 10.6 Å². The van der Waals surface area contributed by atoms with Crippen LogP contribution in [0.5, 0.6) is 0 Å². The molecule has 5 nitrogen and oxygen atoms in total. The average Bonchev–Trinajstić information content (AvgIpc) is 2.52. The molecule has 0 fully saturated rings. The highest BCUT2D eigenvalue weighted by Crippen LogP contribution is 2.11. The summed E-state index contributed by atoms with van der Waals surface area (Å²) < 4.78 is 0. The van der Waals surface area contributed by atoms with Gasteiger partial charge in [0.05, 0.1) is 0 Å². The average molecular weight is 267 g/mol. The number of anilines is 2. The van der Waals surface area contributed by atoms with Crippen LogP contribution in [0.2, 0.25) is 0 Å². The first-order valence-corrected chi connectivity index (χ1v) is 6.62. The molecular formula is C15H17N5. The molecular weight excluding hydrogens is 250 g/mol. The predicted octanol–water partition coefficient (Wildman–Crippen LogP) is 2.78. The Morgan fingerprint density at radius 3 is 2.45 bits per heavy atom. The molecule has 20 heavy (non-hydrogen) atoms. The fraction of sp³-hybridized carbons (Fsp3) is 0.267.